The van der Waals surface area contributed by atoms with Gasteiger partial charge < -0.3 is 10.6 Å². The molecule has 1 saturated heterocycles. The Morgan fingerprint density at radius 3 is 2.81 bits per heavy atom. The molecule has 16 heavy (non-hydrogen) atoms. The average Bonchev–Trinajstić information content (AvgIpc) is 2.26. The van der Waals surface area contributed by atoms with Gasteiger partial charge in [0.05, 0.1) is 4.47 Å². The van der Waals surface area contributed by atoms with E-state index in [2.05, 4.69) is 43.5 Å². The van der Waals surface area contributed by atoms with Crippen molar-refractivity contribution < 1.29 is 4.79 Å². The molecule has 1 fully saturated rings. The number of hydrogen-bond donors (Lipinski definition) is 2. The van der Waals surface area contributed by atoms with Gasteiger partial charge in [0.1, 0.15) is 6.04 Å². The average molecular weight is 285 g/mol. The van der Waals surface area contributed by atoms with E-state index in [1.165, 1.54) is 0 Å². The Morgan fingerprint density at radius 2 is 2.19 bits per heavy atom. The monoisotopic (exact) mass is 284 g/mol. The predicted octanol–water partition coefficient (Wildman–Crippen LogP) is 1.18. The highest BCUT2D eigenvalue weighted by Crippen LogP contribution is 2.16. The summed E-state index contributed by atoms with van der Waals surface area (Å²) in [6, 6.07) is -0.241. The van der Waals surface area contributed by atoms with Crippen molar-refractivity contribution in [3.63, 3.8) is 0 Å². The minimum absolute atomic E-state index is 0.0188. The summed E-state index contributed by atoms with van der Waals surface area (Å²) in [6.07, 6.45) is 4.28. The van der Waals surface area contributed by atoms with Crippen molar-refractivity contribution in [2.24, 2.45) is 5.92 Å². The van der Waals surface area contributed by atoms with E-state index >= 15 is 0 Å². The van der Waals surface area contributed by atoms with E-state index in [1.807, 2.05) is 0 Å². The molecule has 2 unspecified atom stereocenters. The molecule has 6 heteroatoms. The molecule has 1 aliphatic heterocycles. The van der Waals surface area contributed by atoms with Crippen molar-refractivity contribution in [1.29, 1.82) is 0 Å². The Labute approximate surface area is 102 Å². The number of rotatable bonds is 2. The van der Waals surface area contributed by atoms with E-state index < -0.39 is 0 Å². The number of aromatic nitrogens is 2. The number of nitrogens with one attached hydrogen (secondary N) is 2. The topological polar surface area (TPSA) is 66.9 Å². The number of anilines is 1. The van der Waals surface area contributed by atoms with Gasteiger partial charge >= 0.3 is 0 Å². The number of amides is 1. The van der Waals surface area contributed by atoms with Crippen LogP contribution in [0, 0.1) is 5.92 Å². The van der Waals surface area contributed by atoms with Gasteiger partial charge in [-0.15, -0.1) is 0 Å². The summed E-state index contributed by atoms with van der Waals surface area (Å²) in [5.74, 6) is 0.795. The van der Waals surface area contributed by atoms with E-state index in [9.17, 15) is 4.79 Å². The molecule has 1 aromatic rings. The molecule has 1 aliphatic rings. The highest BCUT2D eigenvalue weighted by Gasteiger charge is 2.29. The molecule has 0 aliphatic carbocycles. The normalized spacial score (nSPS) is 25.0. The Kier molecular flexibility index (Phi) is 3.38. The van der Waals surface area contributed by atoms with Crippen LogP contribution in [0.2, 0.25) is 0 Å². The first-order valence-corrected chi connectivity index (χ1v) is 5.98. The summed E-state index contributed by atoms with van der Waals surface area (Å²) in [6.45, 7) is 2.80. The van der Waals surface area contributed by atoms with Crippen LogP contribution in [0.25, 0.3) is 0 Å². The van der Waals surface area contributed by atoms with Gasteiger partial charge in [-0.2, -0.15) is 0 Å². The third-order valence-corrected chi connectivity index (χ3v) is 3.06. The third-order valence-electron chi connectivity index (χ3n) is 2.66. The summed E-state index contributed by atoms with van der Waals surface area (Å²) in [5, 5.41) is 5.88. The molecule has 86 valence electrons. The van der Waals surface area contributed by atoms with Crippen LogP contribution in [0.4, 0.5) is 5.95 Å². The molecule has 1 aromatic heterocycles. The van der Waals surface area contributed by atoms with Crippen LogP contribution in [-0.2, 0) is 4.79 Å². The summed E-state index contributed by atoms with van der Waals surface area (Å²) in [5.41, 5.74) is 0. The second kappa shape index (κ2) is 4.78. The van der Waals surface area contributed by atoms with Crippen molar-refractivity contribution >= 4 is 27.8 Å². The SMILES string of the molecule is CC1CCNC(=O)C1Nc1ncc(Br)cn1. The van der Waals surface area contributed by atoms with Crippen LogP contribution < -0.4 is 10.6 Å². The molecule has 5 nitrogen and oxygen atoms in total. The molecular formula is C10H13BrN4O. The lowest BCUT2D eigenvalue weighted by molar-refractivity contribution is -0.124. The van der Waals surface area contributed by atoms with Gasteiger partial charge in [-0.25, -0.2) is 9.97 Å². The Morgan fingerprint density at radius 1 is 1.50 bits per heavy atom. The lowest BCUT2D eigenvalue weighted by Gasteiger charge is -2.28. The first-order chi connectivity index (χ1) is 7.66. The maximum atomic E-state index is 11.6. The maximum absolute atomic E-state index is 11.6. The molecule has 0 spiro atoms. The molecular weight excluding hydrogens is 272 g/mol. The van der Waals surface area contributed by atoms with E-state index in [-0.39, 0.29) is 11.9 Å². The first kappa shape index (κ1) is 11.3. The largest absolute Gasteiger partial charge is 0.354 e. The lowest BCUT2D eigenvalue weighted by atomic mass is 9.94. The number of carbonyl (C=O) groups excluding carboxylic acids is 1. The molecule has 0 bridgehead atoms. The first-order valence-electron chi connectivity index (χ1n) is 5.18. The smallest absolute Gasteiger partial charge is 0.242 e. The highest BCUT2D eigenvalue weighted by atomic mass is 79.9. The van der Waals surface area contributed by atoms with Gasteiger partial charge in [0, 0.05) is 18.9 Å². The Hall–Kier alpha value is -1.17. The molecule has 2 atom stereocenters. The molecule has 2 rings (SSSR count). The van der Waals surface area contributed by atoms with Gasteiger partial charge in [-0.1, -0.05) is 6.92 Å². The fourth-order valence-corrected chi connectivity index (χ4v) is 1.90. The second-order valence-corrected chi connectivity index (χ2v) is 4.82. The van der Waals surface area contributed by atoms with Gasteiger partial charge in [0.15, 0.2) is 0 Å². The summed E-state index contributed by atoms with van der Waals surface area (Å²) < 4.78 is 0.819. The van der Waals surface area contributed by atoms with Crippen LogP contribution in [0.1, 0.15) is 13.3 Å². The fraction of sp³-hybridized carbons (Fsp3) is 0.500. The fourth-order valence-electron chi connectivity index (χ4n) is 1.69. The number of nitrogens with zero attached hydrogens (tertiary/aromatic N) is 2. The van der Waals surface area contributed by atoms with E-state index in [4.69, 9.17) is 0 Å². The standard InChI is InChI=1S/C10H13BrN4O/c1-6-2-3-12-9(16)8(6)15-10-13-4-7(11)5-14-10/h4-6,8H,2-3H2,1H3,(H,12,16)(H,13,14,15). The highest BCUT2D eigenvalue weighted by molar-refractivity contribution is 9.10. The summed E-state index contributed by atoms with van der Waals surface area (Å²) in [7, 11) is 0. The summed E-state index contributed by atoms with van der Waals surface area (Å²) in [4.78, 5) is 19.8. The Bertz CT molecular complexity index is 381. The molecule has 0 aromatic carbocycles. The van der Waals surface area contributed by atoms with Crippen LogP contribution in [0.15, 0.2) is 16.9 Å². The molecule has 0 saturated carbocycles. The molecule has 2 heterocycles. The van der Waals surface area contributed by atoms with Crippen LogP contribution >= 0.6 is 15.9 Å². The van der Waals surface area contributed by atoms with Crippen molar-refractivity contribution in [3.05, 3.63) is 16.9 Å². The van der Waals surface area contributed by atoms with E-state index in [1.54, 1.807) is 12.4 Å². The number of hydrogen-bond acceptors (Lipinski definition) is 4. The van der Waals surface area contributed by atoms with Crippen molar-refractivity contribution in [2.45, 2.75) is 19.4 Å². The molecule has 0 radical (unpaired) electrons. The van der Waals surface area contributed by atoms with Crippen LogP contribution in [0.5, 0.6) is 0 Å². The summed E-state index contributed by atoms with van der Waals surface area (Å²) >= 11 is 3.26. The lowest BCUT2D eigenvalue weighted by Crippen LogP contribution is -2.49. The third kappa shape index (κ3) is 2.49. The van der Waals surface area contributed by atoms with Crippen molar-refractivity contribution in [3.8, 4) is 0 Å². The van der Waals surface area contributed by atoms with Gasteiger partial charge in [0.2, 0.25) is 11.9 Å². The minimum Gasteiger partial charge on any atom is -0.354 e. The number of carbonyl (C=O) groups is 1. The maximum Gasteiger partial charge on any atom is 0.242 e. The van der Waals surface area contributed by atoms with E-state index in [0.717, 1.165) is 17.4 Å². The van der Waals surface area contributed by atoms with Crippen molar-refractivity contribution in [2.75, 3.05) is 11.9 Å². The van der Waals surface area contributed by atoms with Gasteiger partial charge in [-0.3, -0.25) is 4.79 Å². The number of piperidine rings is 1. The van der Waals surface area contributed by atoms with Crippen LogP contribution in [0.3, 0.4) is 0 Å². The molecule has 2 N–H and O–H groups in total. The predicted molar refractivity (Wildman–Crippen MR) is 63.9 cm³/mol. The zero-order valence-electron chi connectivity index (χ0n) is 8.90. The quantitative estimate of drug-likeness (QED) is 0.856. The minimum atomic E-state index is -0.241. The number of halogens is 1. The zero-order valence-corrected chi connectivity index (χ0v) is 10.5. The molecule has 1 amide bonds. The van der Waals surface area contributed by atoms with Crippen molar-refractivity contribution in [1.82, 2.24) is 15.3 Å². The van der Waals surface area contributed by atoms with E-state index in [0.29, 0.717) is 11.9 Å². The van der Waals surface area contributed by atoms with Gasteiger partial charge in [-0.05, 0) is 28.3 Å². The zero-order chi connectivity index (χ0) is 11.5. The Balaban J connectivity index is 2.07. The van der Waals surface area contributed by atoms with Crippen LogP contribution in [-0.4, -0.2) is 28.5 Å². The van der Waals surface area contributed by atoms with Gasteiger partial charge in [0.25, 0.3) is 0 Å². The second-order valence-electron chi connectivity index (χ2n) is 3.90.